The molecular formula is C14H11N3O2S. The van der Waals surface area contributed by atoms with E-state index >= 15 is 0 Å². The summed E-state index contributed by atoms with van der Waals surface area (Å²) in [5, 5.41) is 9.15. The molecule has 6 heteroatoms. The minimum atomic E-state index is 0.266. The SMILES string of the molecule is Nc1n[nH]c(-c2ccc3c(c2)OCO3)c1-c1cccs1. The van der Waals surface area contributed by atoms with Gasteiger partial charge in [0.25, 0.3) is 0 Å². The maximum Gasteiger partial charge on any atom is 0.231 e. The van der Waals surface area contributed by atoms with E-state index in [4.69, 9.17) is 15.2 Å². The number of nitrogens with zero attached hydrogens (tertiary/aromatic N) is 1. The molecule has 0 radical (unpaired) electrons. The van der Waals surface area contributed by atoms with Gasteiger partial charge in [-0.15, -0.1) is 11.3 Å². The number of thiophene rings is 1. The Morgan fingerprint density at radius 2 is 2.10 bits per heavy atom. The van der Waals surface area contributed by atoms with Crippen LogP contribution >= 0.6 is 11.3 Å². The molecule has 2 aromatic heterocycles. The molecule has 20 heavy (non-hydrogen) atoms. The number of rotatable bonds is 2. The maximum absolute atomic E-state index is 5.99. The van der Waals surface area contributed by atoms with Gasteiger partial charge in [0.15, 0.2) is 17.3 Å². The molecule has 0 aliphatic carbocycles. The molecule has 3 heterocycles. The second-order valence-corrected chi connectivity index (χ2v) is 5.35. The minimum absolute atomic E-state index is 0.266. The van der Waals surface area contributed by atoms with Gasteiger partial charge >= 0.3 is 0 Å². The second kappa shape index (κ2) is 4.28. The van der Waals surface area contributed by atoms with Crippen LogP contribution in [0.4, 0.5) is 5.82 Å². The smallest absolute Gasteiger partial charge is 0.231 e. The molecule has 0 spiro atoms. The fourth-order valence-electron chi connectivity index (χ4n) is 2.29. The molecule has 1 aromatic carbocycles. The molecule has 3 aromatic rings. The van der Waals surface area contributed by atoms with Gasteiger partial charge in [-0.25, -0.2) is 0 Å². The fourth-order valence-corrected chi connectivity index (χ4v) is 3.07. The van der Waals surface area contributed by atoms with Crippen molar-refractivity contribution in [3.05, 3.63) is 35.7 Å². The van der Waals surface area contributed by atoms with Crippen LogP contribution in [0.5, 0.6) is 11.5 Å². The van der Waals surface area contributed by atoms with Gasteiger partial charge in [-0.2, -0.15) is 5.10 Å². The van der Waals surface area contributed by atoms with Crippen LogP contribution in [-0.2, 0) is 0 Å². The molecular weight excluding hydrogens is 274 g/mol. The number of ether oxygens (including phenoxy) is 2. The molecule has 0 bridgehead atoms. The van der Waals surface area contributed by atoms with Crippen LogP contribution in [0.2, 0.25) is 0 Å². The van der Waals surface area contributed by atoms with Gasteiger partial charge in [0.2, 0.25) is 6.79 Å². The summed E-state index contributed by atoms with van der Waals surface area (Å²) in [6.07, 6.45) is 0. The standard InChI is InChI=1S/C14H11N3O2S/c15-14-12(11-2-1-5-20-11)13(16-17-14)8-3-4-9-10(6-8)19-7-18-9/h1-6H,7H2,(H3,15,16,17). The Morgan fingerprint density at radius 1 is 1.20 bits per heavy atom. The van der Waals surface area contributed by atoms with Crippen molar-refractivity contribution in [1.82, 2.24) is 10.2 Å². The molecule has 0 fully saturated rings. The number of aromatic nitrogens is 2. The predicted octanol–water partition coefficient (Wildman–Crippen LogP) is 3.12. The number of hydrogen-bond acceptors (Lipinski definition) is 5. The molecule has 100 valence electrons. The first-order chi connectivity index (χ1) is 9.83. The number of hydrogen-bond donors (Lipinski definition) is 2. The van der Waals surface area contributed by atoms with Gasteiger partial charge in [0.05, 0.1) is 11.3 Å². The van der Waals surface area contributed by atoms with Crippen molar-refractivity contribution in [3.63, 3.8) is 0 Å². The first-order valence-corrected chi connectivity index (χ1v) is 6.98. The third-order valence-electron chi connectivity index (χ3n) is 3.22. The van der Waals surface area contributed by atoms with Crippen LogP contribution in [0.15, 0.2) is 35.7 Å². The zero-order valence-corrected chi connectivity index (χ0v) is 11.2. The molecule has 3 N–H and O–H groups in total. The number of H-pyrrole nitrogens is 1. The van der Waals surface area contributed by atoms with Crippen molar-refractivity contribution in [3.8, 4) is 33.2 Å². The van der Waals surface area contributed by atoms with Crippen molar-refractivity contribution < 1.29 is 9.47 Å². The number of nitrogen functional groups attached to an aromatic ring is 1. The molecule has 0 atom stereocenters. The number of nitrogens with one attached hydrogen (secondary N) is 1. The highest BCUT2D eigenvalue weighted by atomic mass is 32.1. The molecule has 1 aliphatic heterocycles. The topological polar surface area (TPSA) is 73.2 Å². The van der Waals surface area contributed by atoms with Crippen LogP contribution < -0.4 is 15.2 Å². The van der Waals surface area contributed by atoms with Crippen LogP contribution in [0.3, 0.4) is 0 Å². The van der Waals surface area contributed by atoms with E-state index in [1.165, 1.54) is 0 Å². The summed E-state index contributed by atoms with van der Waals surface area (Å²) in [5.74, 6) is 2.01. The molecule has 4 rings (SSSR count). The summed E-state index contributed by atoms with van der Waals surface area (Å²) in [6.45, 7) is 0.266. The Morgan fingerprint density at radius 3 is 2.95 bits per heavy atom. The molecule has 5 nitrogen and oxygen atoms in total. The Labute approximate surface area is 119 Å². The zero-order valence-electron chi connectivity index (χ0n) is 10.4. The normalized spacial score (nSPS) is 12.8. The van der Waals surface area contributed by atoms with E-state index in [0.29, 0.717) is 5.82 Å². The van der Waals surface area contributed by atoms with Gasteiger partial charge in [0, 0.05) is 10.4 Å². The molecule has 0 saturated heterocycles. The van der Waals surface area contributed by atoms with Crippen molar-refractivity contribution >= 4 is 17.2 Å². The van der Waals surface area contributed by atoms with E-state index in [0.717, 1.165) is 33.2 Å². The third-order valence-corrected chi connectivity index (χ3v) is 4.11. The summed E-state index contributed by atoms with van der Waals surface area (Å²) in [7, 11) is 0. The lowest BCUT2D eigenvalue weighted by Crippen LogP contribution is -1.92. The Hall–Kier alpha value is -2.47. The van der Waals surface area contributed by atoms with E-state index in [9.17, 15) is 0 Å². The average molecular weight is 285 g/mol. The number of benzene rings is 1. The monoisotopic (exact) mass is 285 g/mol. The van der Waals surface area contributed by atoms with Crippen molar-refractivity contribution in [1.29, 1.82) is 0 Å². The Kier molecular flexibility index (Phi) is 2.43. The molecule has 0 saturated carbocycles. The molecule has 1 aliphatic rings. The van der Waals surface area contributed by atoms with Crippen LogP contribution in [0.25, 0.3) is 21.7 Å². The van der Waals surface area contributed by atoms with E-state index in [-0.39, 0.29) is 6.79 Å². The van der Waals surface area contributed by atoms with Gasteiger partial charge in [-0.05, 0) is 29.6 Å². The highest BCUT2D eigenvalue weighted by Crippen LogP contribution is 2.41. The highest BCUT2D eigenvalue weighted by Gasteiger charge is 2.19. The lowest BCUT2D eigenvalue weighted by atomic mass is 10.1. The summed E-state index contributed by atoms with van der Waals surface area (Å²) < 4.78 is 10.7. The average Bonchev–Trinajstić information content (AvgIpc) is 3.17. The van der Waals surface area contributed by atoms with Gasteiger partial charge in [-0.1, -0.05) is 6.07 Å². The number of nitrogens with two attached hydrogens (primary N) is 1. The fraction of sp³-hybridized carbons (Fsp3) is 0.0714. The van der Waals surface area contributed by atoms with Crippen LogP contribution in [0.1, 0.15) is 0 Å². The maximum atomic E-state index is 5.99. The molecule has 0 unspecified atom stereocenters. The predicted molar refractivity (Wildman–Crippen MR) is 77.9 cm³/mol. The summed E-state index contributed by atoms with van der Waals surface area (Å²) >= 11 is 1.63. The quantitative estimate of drug-likeness (QED) is 0.758. The van der Waals surface area contributed by atoms with E-state index in [1.807, 2.05) is 35.7 Å². The zero-order chi connectivity index (χ0) is 13.5. The van der Waals surface area contributed by atoms with Gasteiger partial charge in [0.1, 0.15) is 0 Å². The lowest BCUT2D eigenvalue weighted by Gasteiger charge is -2.04. The lowest BCUT2D eigenvalue weighted by molar-refractivity contribution is 0.174. The van der Waals surface area contributed by atoms with Gasteiger partial charge in [-0.3, -0.25) is 5.10 Å². The van der Waals surface area contributed by atoms with E-state index in [2.05, 4.69) is 10.2 Å². The van der Waals surface area contributed by atoms with Crippen LogP contribution in [0, 0.1) is 0 Å². The number of fused-ring (bicyclic) bond motifs is 1. The van der Waals surface area contributed by atoms with E-state index < -0.39 is 0 Å². The van der Waals surface area contributed by atoms with Crippen LogP contribution in [-0.4, -0.2) is 17.0 Å². The molecule has 0 amide bonds. The summed E-state index contributed by atoms with van der Waals surface area (Å²) in [6, 6.07) is 9.83. The first kappa shape index (κ1) is 11.4. The minimum Gasteiger partial charge on any atom is -0.454 e. The first-order valence-electron chi connectivity index (χ1n) is 6.10. The Balaban J connectivity index is 1.87. The highest BCUT2D eigenvalue weighted by molar-refractivity contribution is 7.13. The van der Waals surface area contributed by atoms with Crippen molar-refractivity contribution in [2.24, 2.45) is 0 Å². The summed E-state index contributed by atoms with van der Waals surface area (Å²) in [5.41, 5.74) is 8.79. The largest absolute Gasteiger partial charge is 0.454 e. The summed E-state index contributed by atoms with van der Waals surface area (Å²) in [4.78, 5) is 1.09. The van der Waals surface area contributed by atoms with Gasteiger partial charge < -0.3 is 15.2 Å². The second-order valence-electron chi connectivity index (χ2n) is 4.40. The van der Waals surface area contributed by atoms with Crippen molar-refractivity contribution in [2.75, 3.05) is 12.5 Å². The third kappa shape index (κ3) is 1.65. The Bertz CT molecular complexity index is 765. The van der Waals surface area contributed by atoms with E-state index in [1.54, 1.807) is 11.3 Å². The van der Waals surface area contributed by atoms with Crippen molar-refractivity contribution in [2.45, 2.75) is 0 Å². The number of anilines is 1. The number of aromatic amines is 1.